The van der Waals surface area contributed by atoms with E-state index in [1.807, 2.05) is 17.9 Å². The molecule has 1 aromatic rings. The lowest BCUT2D eigenvalue weighted by atomic mass is 9.98. The zero-order valence-corrected chi connectivity index (χ0v) is 9.50. The van der Waals surface area contributed by atoms with Gasteiger partial charge in [-0.15, -0.1) is 0 Å². The lowest BCUT2D eigenvalue weighted by Gasteiger charge is -2.30. The molecule has 2 heterocycles. The first-order valence-corrected chi connectivity index (χ1v) is 5.71. The van der Waals surface area contributed by atoms with Crippen LogP contribution in [0.25, 0.3) is 0 Å². The monoisotopic (exact) mass is 224 g/mol. The highest BCUT2D eigenvalue weighted by Crippen LogP contribution is 2.19. The standard InChI is InChI=1S/C12H17FN2O/c1-9-2-5-14-11(9)12(16)15-6-3-10(8-13)4-7-15/h2,5,10,14H,3-4,6-8H2,1H3. The van der Waals surface area contributed by atoms with Crippen LogP contribution in [0.15, 0.2) is 12.3 Å². The maximum atomic E-state index is 12.4. The fourth-order valence-corrected chi connectivity index (χ4v) is 2.13. The third-order valence-corrected chi connectivity index (χ3v) is 3.29. The van der Waals surface area contributed by atoms with Gasteiger partial charge in [0.2, 0.25) is 0 Å². The molecule has 1 aliphatic heterocycles. The van der Waals surface area contributed by atoms with Crippen LogP contribution < -0.4 is 0 Å². The van der Waals surface area contributed by atoms with E-state index in [4.69, 9.17) is 0 Å². The molecule has 4 heteroatoms. The number of aromatic amines is 1. The molecule has 1 saturated heterocycles. The minimum Gasteiger partial charge on any atom is -0.357 e. The number of aromatic nitrogens is 1. The molecular formula is C12H17FN2O. The Balaban J connectivity index is 2.00. The Bertz CT molecular complexity index is 367. The number of nitrogens with zero attached hydrogens (tertiary/aromatic N) is 1. The minimum atomic E-state index is -0.260. The van der Waals surface area contributed by atoms with E-state index in [0.717, 1.165) is 18.4 Å². The number of likely N-dealkylation sites (tertiary alicyclic amines) is 1. The Morgan fingerprint density at radius 3 is 2.75 bits per heavy atom. The molecule has 0 saturated carbocycles. The fraction of sp³-hybridized carbons (Fsp3) is 0.583. The first-order chi connectivity index (χ1) is 7.72. The maximum Gasteiger partial charge on any atom is 0.270 e. The Hall–Kier alpha value is -1.32. The van der Waals surface area contributed by atoms with Crippen molar-refractivity contribution in [3.63, 3.8) is 0 Å². The van der Waals surface area contributed by atoms with Crippen molar-refractivity contribution in [1.82, 2.24) is 9.88 Å². The number of halogens is 1. The molecule has 1 aliphatic rings. The van der Waals surface area contributed by atoms with E-state index in [9.17, 15) is 9.18 Å². The predicted octanol–water partition coefficient (Wildman–Crippen LogP) is 2.14. The highest BCUT2D eigenvalue weighted by atomic mass is 19.1. The van der Waals surface area contributed by atoms with E-state index in [2.05, 4.69) is 4.98 Å². The van der Waals surface area contributed by atoms with Gasteiger partial charge in [0.15, 0.2) is 0 Å². The van der Waals surface area contributed by atoms with Gasteiger partial charge in [-0.3, -0.25) is 9.18 Å². The van der Waals surface area contributed by atoms with Crippen LogP contribution >= 0.6 is 0 Å². The molecule has 3 nitrogen and oxygen atoms in total. The summed E-state index contributed by atoms with van der Waals surface area (Å²) >= 11 is 0. The normalized spacial score (nSPS) is 17.8. The lowest BCUT2D eigenvalue weighted by molar-refractivity contribution is 0.0672. The summed E-state index contributed by atoms with van der Waals surface area (Å²) in [7, 11) is 0. The van der Waals surface area contributed by atoms with Crippen LogP contribution in [0.2, 0.25) is 0 Å². The molecule has 1 N–H and O–H groups in total. The van der Waals surface area contributed by atoms with Crippen molar-refractivity contribution in [2.45, 2.75) is 19.8 Å². The molecular weight excluding hydrogens is 207 g/mol. The molecule has 0 radical (unpaired) electrons. The number of carbonyl (C=O) groups excluding carboxylic acids is 1. The average molecular weight is 224 g/mol. The van der Waals surface area contributed by atoms with Crippen LogP contribution in [0.1, 0.15) is 28.9 Å². The molecule has 1 amide bonds. The highest BCUT2D eigenvalue weighted by molar-refractivity contribution is 5.93. The van der Waals surface area contributed by atoms with Gasteiger partial charge in [-0.25, -0.2) is 0 Å². The molecule has 1 fully saturated rings. The maximum absolute atomic E-state index is 12.4. The second-order valence-corrected chi connectivity index (χ2v) is 4.43. The number of rotatable bonds is 2. The smallest absolute Gasteiger partial charge is 0.270 e. The number of hydrogen-bond acceptors (Lipinski definition) is 1. The number of amides is 1. The van der Waals surface area contributed by atoms with Gasteiger partial charge in [0.25, 0.3) is 5.91 Å². The zero-order valence-electron chi connectivity index (χ0n) is 9.50. The second kappa shape index (κ2) is 4.68. The third kappa shape index (κ3) is 2.10. The lowest BCUT2D eigenvalue weighted by Crippen LogP contribution is -2.39. The van der Waals surface area contributed by atoms with Crippen LogP contribution in [0, 0.1) is 12.8 Å². The van der Waals surface area contributed by atoms with E-state index < -0.39 is 0 Å². The number of hydrogen-bond donors (Lipinski definition) is 1. The van der Waals surface area contributed by atoms with E-state index >= 15 is 0 Å². The van der Waals surface area contributed by atoms with E-state index in [0.29, 0.717) is 18.8 Å². The average Bonchev–Trinajstić information content (AvgIpc) is 2.75. The summed E-state index contributed by atoms with van der Waals surface area (Å²) in [5.74, 6) is 0.189. The zero-order chi connectivity index (χ0) is 11.5. The third-order valence-electron chi connectivity index (χ3n) is 3.29. The molecule has 2 rings (SSSR count). The SMILES string of the molecule is Cc1cc[nH]c1C(=O)N1CCC(CF)CC1. The van der Waals surface area contributed by atoms with E-state index in [-0.39, 0.29) is 18.5 Å². The van der Waals surface area contributed by atoms with Gasteiger partial charge in [-0.1, -0.05) is 0 Å². The van der Waals surface area contributed by atoms with Crippen molar-refractivity contribution >= 4 is 5.91 Å². The van der Waals surface area contributed by atoms with Crippen LogP contribution in [0.4, 0.5) is 4.39 Å². The summed E-state index contributed by atoms with van der Waals surface area (Å²) in [5.41, 5.74) is 1.64. The van der Waals surface area contributed by atoms with Crippen LogP contribution in [0.5, 0.6) is 0 Å². The van der Waals surface area contributed by atoms with Gasteiger partial charge in [-0.05, 0) is 37.3 Å². The van der Waals surface area contributed by atoms with Crippen molar-refractivity contribution in [3.05, 3.63) is 23.5 Å². The number of aryl methyl sites for hydroxylation is 1. The molecule has 16 heavy (non-hydrogen) atoms. The number of alkyl halides is 1. The van der Waals surface area contributed by atoms with Gasteiger partial charge in [-0.2, -0.15) is 0 Å². The Labute approximate surface area is 94.6 Å². The summed E-state index contributed by atoms with van der Waals surface area (Å²) in [4.78, 5) is 16.9. The molecule has 0 aliphatic carbocycles. The van der Waals surface area contributed by atoms with Gasteiger partial charge in [0.05, 0.1) is 6.67 Å². The van der Waals surface area contributed by atoms with Gasteiger partial charge >= 0.3 is 0 Å². The summed E-state index contributed by atoms with van der Waals surface area (Å²) in [6, 6.07) is 1.89. The van der Waals surface area contributed by atoms with Crippen molar-refractivity contribution in [2.24, 2.45) is 5.92 Å². The summed E-state index contributed by atoms with van der Waals surface area (Å²) in [6.07, 6.45) is 3.33. The quantitative estimate of drug-likeness (QED) is 0.821. The highest BCUT2D eigenvalue weighted by Gasteiger charge is 2.24. The van der Waals surface area contributed by atoms with Crippen molar-refractivity contribution in [3.8, 4) is 0 Å². The molecule has 0 spiro atoms. The van der Waals surface area contributed by atoms with Crippen molar-refractivity contribution < 1.29 is 9.18 Å². The summed E-state index contributed by atoms with van der Waals surface area (Å²) < 4.78 is 12.4. The predicted molar refractivity (Wildman–Crippen MR) is 60.1 cm³/mol. The molecule has 0 atom stereocenters. The number of H-pyrrole nitrogens is 1. The molecule has 1 aromatic heterocycles. The largest absolute Gasteiger partial charge is 0.357 e. The fourth-order valence-electron chi connectivity index (χ4n) is 2.13. The Morgan fingerprint density at radius 1 is 1.56 bits per heavy atom. The summed E-state index contributed by atoms with van der Waals surface area (Å²) in [5, 5.41) is 0. The topological polar surface area (TPSA) is 36.1 Å². The molecule has 0 aromatic carbocycles. The van der Waals surface area contributed by atoms with Crippen molar-refractivity contribution in [2.75, 3.05) is 19.8 Å². The van der Waals surface area contributed by atoms with Gasteiger partial charge in [0.1, 0.15) is 5.69 Å². The summed E-state index contributed by atoms with van der Waals surface area (Å²) in [6.45, 7) is 3.00. The first kappa shape index (κ1) is 11.2. The van der Waals surface area contributed by atoms with Gasteiger partial charge in [0, 0.05) is 19.3 Å². The van der Waals surface area contributed by atoms with Crippen LogP contribution in [-0.4, -0.2) is 35.6 Å². The number of piperidine rings is 1. The van der Waals surface area contributed by atoms with Crippen LogP contribution in [-0.2, 0) is 0 Å². The second-order valence-electron chi connectivity index (χ2n) is 4.43. The number of carbonyl (C=O) groups is 1. The molecule has 88 valence electrons. The minimum absolute atomic E-state index is 0.0415. The van der Waals surface area contributed by atoms with E-state index in [1.165, 1.54) is 0 Å². The number of nitrogens with one attached hydrogen (secondary N) is 1. The van der Waals surface area contributed by atoms with E-state index in [1.54, 1.807) is 6.20 Å². The van der Waals surface area contributed by atoms with Gasteiger partial charge < -0.3 is 9.88 Å². The van der Waals surface area contributed by atoms with Crippen LogP contribution in [0.3, 0.4) is 0 Å². The Morgan fingerprint density at radius 2 is 2.25 bits per heavy atom. The van der Waals surface area contributed by atoms with Crippen molar-refractivity contribution in [1.29, 1.82) is 0 Å². The first-order valence-electron chi connectivity index (χ1n) is 5.71. The molecule has 0 bridgehead atoms. The molecule has 0 unspecified atom stereocenters. The Kier molecular flexibility index (Phi) is 3.27.